The van der Waals surface area contributed by atoms with Gasteiger partial charge >= 0.3 is 0 Å². The van der Waals surface area contributed by atoms with E-state index in [0.717, 1.165) is 36.0 Å². The Morgan fingerprint density at radius 2 is 1.78 bits per heavy atom. The summed E-state index contributed by atoms with van der Waals surface area (Å²) in [6.45, 7) is 0. The lowest BCUT2D eigenvalue weighted by atomic mass is 9.50. The van der Waals surface area contributed by atoms with Crippen molar-refractivity contribution in [2.45, 2.75) is 44.6 Å². The molecule has 1 nitrogen and oxygen atoms in total. The van der Waals surface area contributed by atoms with E-state index in [1.165, 1.54) is 31.2 Å². The minimum atomic E-state index is 0.412. The first kappa shape index (κ1) is 11.5. The lowest BCUT2D eigenvalue weighted by Gasteiger charge is -2.56. The van der Waals surface area contributed by atoms with Crippen LogP contribution in [0.1, 0.15) is 37.7 Å². The predicted molar refractivity (Wildman–Crippen MR) is 76.5 cm³/mol. The van der Waals surface area contributed by atoms with Crippen LogP contribution in [0.15, 0.2) is 16.8 Å². The molecule has 1 aromatic heterocycles. The van der Waals surface area contributed by atoms with Gasteiger partial charge in [0.25, 0.3) is 0 Å². The van der Waals surface area contributed by atoms with E-state index in [9.17, 15) is 0 Å². The highest BCUT2D eigenvalue weighted by atomic mass is 32.1. The molecule has 4 bridgehead atoms. The zero-order valence-corrected chi connectivity index (χ0v) is 11.7. The highest BCUT2D eigenvalue weighted by molar-refractivity contribution is 7.07. The molecule has 1 aromatic rings. The van der Waals surface area contributed by atoms with E-state index in [0.29, 0.717) is 6.04 Å². The average molecular weight is 261 g/mol. The molecule has 1 atom stereocenters. The van der Waals surface area contributed by atoms with Crippen LogP contribution in [-0.4, -0.2) is 6.04 Å². The van der Waals surface area contributed by atoms with Gasteiger partial charge in [0.2, 0.25) is 0 Å². The van der Waals surface area contributed by atoms with E-state index < -0.39 is 0 Å². The van der Waals surface area contributed by atoms with Crippen LogP contribution in [0, 0.1) is 29.6 Å². The third-order valence-corrected chi connectivity index (χ3v) is 6.58. The van der Waals surface area contributed by atoms with Gasteiger partial charge in [-0.3, -0.25) is 0 Å². The normalized spacial score (nSPS) is 43.3. The van der Waals surface area contributed by atoms with Crippen molar-refractivity contribution in [3.63, 3.8) is 0 Å². The standard InChI is InChI=1S/C16H23NS/c17-15(8-10-1-2-18-9-10)16-13-4-11-3-12(6-13)7-14(16)5-11/h1-2,9,11-16H,3-8,17H2. The van der Waals surface area contributed by atoms with Crippen molar-refractivity contribution in [2.24, 2.45) is 35.3 Å². The average Bonchev–Trinajstić information content (AvgIpc) is 2.80. The zero-order valence-electron chi connectivity index (χ0n) is 10.9. The van der Waals surface area contributed by atoms with Gasteiger partial charge in [0.15, 0.2) is 0 Å². The number of rotatable bonds is 3. The van der Waals surface area contributed by atoms with Gasteiger partial charge in [0.1, 0.15) is 0 Å². The second-order valence-corrected chi connectivity index (χ2v) is 7.79. The fourth-order valence-electron chi connectivity index (χ4n) is 5.48. The van der Waals surface area contributed by atoms with Crippen LogP contribution >= 0.6 is 11.3 Å². The largest absolute Gasteiger partial charge is 0.327 e. The summed E-state index contributed by atoms with van der Waals surface area (Å²) in [4.78, 5) is 0. The van der Waals surface area contributed by atoms with Crippen molar-refractivity contribution in [2.75, 3.05) is 0 Å². The number of thiophene rings is 1. The van der Waals surface area contributed by atoms with Crippen molar-refractivity contribution >= 4 is 11.3 Å². The molecule has 0 spiro atoms. The first-order valence-electron chi connectivity index (χ1n) is 7.56. The molecule has 0 amide bonds. The Hall–Kier alpha value is -0.340. The number of nitrogens with two attached hydrogens (primary N) is 1. The van der Waals surface area contributed by atoms with E-state index in [-0.39, 0.29) is 0 Å². The van der Waals surface area contributed by atoms with Gasteiger partial charge in [0, 0.05) is 6.04 Å². The second kappa shape index (κ2) is 4.35. The van der Waals surface area contributed by atoms with E-state index in [4.69, 9.17) is 5.73 Å². The molecular formula is C16H23NS. The summed E-state index contributed by atoms with van der Waals surface area (Å²) in [6.07, 6.45) is 8.63. The molecule has 0 aliphatic heterocycles. The summed E-state index contributed by atoms with van der Waals surface area (Å²) in [5.74, 6) is 4.90. The van der Waals surface area contributed by atoms with Gasteiger partial charge in [-0.1, -0.05) is 0 Å². The van der Waals surface area contributed by atoms with Crippen molar-refractivity contribution < 1.29 is 0 Å². The van der Waals surface area contributed by atoms with Crippen LogP contribution in [0.25, 0.3) is 0 Å². The van der Waals surface area contributed by atoms with Gasteiger partial charge in [-0.15, -0.1) is 0 Å². The van der Waals surface area contributed by atoms with E-state index >= 15 is 0 Å². The van der Waals surface area contributed by atoms with E-state index in [2.05, 4.69) is 16.8 Å². The highest BCUT2D eigenvalue weighted by Crippen LogP contribution is 2.57. The Morgan fingerprint density at radius 3 is 2.33 bits per heavy atom. The molecule has 4 fully saturated rings. The van der Waals surface area contributed by atoms with Crippen molar-refractivity contribution in [3.8, 4) is 0 Å². The topological polar surface area (TPSA) is 26.0 Å². The first-order valence-corrected chi connectivity index (χ1v) is 8.50. The molecule has 5 rings (SSSR count). The molecule has 1 heterocycles. The fraction of sp³-hybridized carbons (Fsp3) is 0.750. The quantitative estimate of drug-likeness (QED) is 0.882. The van der Waals surface area contributed by atoms with Crippen molar-refractivity contribution in [3.05, 3.63) is 22.4 Å². The Balaban J connectivity index is 1.50. The van der Waals surface area contributed by atoms with E-state index in [1.807, 2.05) is 0 Å². The van der Waals surface area contributed by atoms with Crippen LogP contribution in [0.3, 0.4) is 0 Å². The number of hydrogen-bond acceptors (Lipinski definition) is 2. The molecule has 2 heteroatoms. The van der Waals surface area contributed by atoms with Crippen LogP contribution in [-0.2, 0) is 6.42 Å². The van der Waals surface area contributed by atoms with Gasteiger partial charge in [-0.25, -0.2) is 0 Å². The molecule has 98 valence electrons. The molecule has 0 aromatic carbocycles. The summed E-state index contributed by atoms with van der Waals surface area (Å²) >= 11 is 1.80. The molecule has 2 N–H and O–H groups in total. The Labute approximate surface area is 114 Å². The Kier molecular flexibility index (Phi) is 2.77. The molecule has 4 saturated carbocycles. The lowest BCUT2D eigenvalue weighted by Crippen LogP contribution is -2.52. The summed E-state index contributed by atoms with van der Waals surface area (Å²) < 4.78 is 0. The SMILES string of the molecule is NC(Cc1ccsc1)C1C2CC3CC(C2)CC1C3. The maximum Gasteiger partial charge on any atom is 0.0113 e. The molecule has 18 heavy (non-hydrogen) atoms. The predicted octanol–water partition coefficient (Wildman–Crippen LogP) is 3.69. The minimum absolute atomic E-state index is 0.412. The smallest absolute Gasteiger partial charge is 0.0113 e. The van der Waals surface area contributed by atoms with E-state index in [1.54, 1.807) is 17.8 Å². The van der Waals surface area contributed by atoms with Gasteiger partial charge in [0.05, 0.1) is 0 Å². The first-order chi connectivity index (χ1) is 8.79. The zero-order chi connectivity index (χ0) is 12.1. The van der Waals surface area contributed by atoms with Gasteiger partial charge < -0.3 is 5.73 Å². The third-order valence-electron chi connectivity index (χ3n) is 5.85. The summed E-state index contributed by atoms with van der Waals surface area (Å²) in [5, 5.41) is 4.45. The summed E-state index contributed by atoms with van der Waals surface area (Å²) in [6, 6.07) is 2.66. The minimum Gasteiger partial charge on any atom is -0.327 e. The fourth-order valence-corrected chi connectivity index (χ4v) is 6.16. The molecule has 4 aliphatic carbocycles. The maximum atomic E-state index is 6.59. The molecule has 0 radical (unpaired) electrons. The second-order valence-electron chi connectivity index (χ2n) is 7.01. The van der Waals surface area contributed by atoms with Crippen LogP contribution < -0.4 is 5.73 Å². The maximum absolute atomic E-state index is 6.59. The molecular weight excluding hydrogens is 238 g/mol. The number of hydrogen-bond donors (Lipinski definition) is 1. The monoisotopic (exact) mass is 261 g/mol. The lowest BCUT2D eigenvalue weighted by molar-refractivity contribution is -0.0464. The third kappa shape index (κ3) is 1.85. The Bertz CT molecular complexity index is 383. The van der Waals surface area contributed by atoms with Crippen LogP contribution in [0.2, 0.25) is 0 Å². The molecule has 1 unspecified atom stereocenters. The molecule has 0 saturated heterocycles. The van der Waals surface area contributed by atoms with Crippen molar-refractivity contribution in [1.82, 2.24) is 0 Å². The van der Waals surface area contributed by atoms with Crippen LogP contribution in [0.4, 0.5) is 0 Å². The highest BCUT2D eigenvalue weighted by Gasteiger charge is 2.49. The summed E-state index contributed by atoms with van der Waals surface area (Å²) in [5.41, 5.74) is 8.05. The molecule has 4 aliphatic rings. The van der Waals surface area contributed by atoms with Crippen LogP contribution in [0.5, 0.6) is 0 Å². The van der Waals surface area contributed by atoms with Gasteiger partial charge in [-0.05, 0) is 90.5 Å². The summed E-state index contributed by atoms with van der Waals surface area (Å²) in [7, 11) is 0. The van der Waals surface area contributed by atoms with Gasteiger partial charge in [-0.2, -0.15) is 11.3 Å². The Morgan fingerprint density at radius 1 is 1.11 bits per heavy atom. The van der Waals surface area contributed by atoms with Crippen molar-refractivity contribution in [1.29, 1.82) is 0 Å².